The minimum absolute atomic E-state index is 0.0332. The van der Waals surface area contributed by atoms with E-state index < -0.39 is 0 Å². The average molecular weight is 368 g/mol. The van der Waals surface area contributed by atoms with Crippen LogP contribution in [0.1, 0.15) is 34.9 Å². The number of carbonyl (C=O) groups is 1. The Morgan fingerprint density at radius 3 is 2.96 bits per heavy atom. The molecule has 3 aromatic rings. The summed E-state index contributed by atoms with van der Waals surface area (Å²) >= 11 is 0. The van der Waals surface area contributed by atoms with Crippen molar-refractivity contribution >= 4 is 16.8 Å². The SMILES string of the molecule is Cc1cc(C(=O)N(Cc2nc3ccccc3c(=O)[nH]2)C[C@@H]2CCCO2)no1. The van der Waals surface area contributed by atoms with Crippen molar-refractivity contribution in [2.45, 2.75) is 32.4 Å². The standard InChI is InChI=1S/C19H20N4O4/c1-12-9-16(22-27-12)19(25)23(10-13-5-4-8-26-13)11-17-20-15-7-3-2-6-14(15)18(24)21-17/h2-3,6-7,9,13H,4-5,8,10-11H2,1H3,(H,20,21,24)/t13-/m0/s1. The number of carbonyl (C=O) groups excluding carboxylic acids is 1. The van der Waals surface area contributed by atoms with Crippen molar-refractivity contribution in [3.8, 4) is 0 Å². The van der Waals surface area contributed by atoms with Crippen molar-refractivity contribution < 1.29 is 14.1 Å². The number of nitrogens with one attached hydrogen (secondary N) is 1. The summed E-state index contributed by atoms with van der Waals surface area (Å²) in [5, 5.41) is 4.34. The molecule has 0 saturated carbocycles. The van der Waals surface area contributed by atoms with Gasteiger partial charge in [0.15, 0.2) is 5.69 Å². The average Bonchev–Trinajstić information content (AvgIpc) is 3.32. The molecule has 1 atom stereocenters. The van der Waals surface area contributed by atoms with Gasteiger partial charge < -0.3 is 19.1 Å². The van der Waals surface area contributed by atoms with E-state index >= 15 is 0 Å². The molecule has 1 amide bonds. The van der Waals surface area contributed by atoms with Crippen LogP contribution in [0.25, 0.3) is 10.9 Å². The molecule has 8 nitrogen and oxygen atoms in total. The number of aromatic nitrogens is 3. The van der Waals surface area contributed by atoms with E-state index in [1.54, 1.807) is 36.1 Å². The number of hydrogen-bond acceptors (Lipinski definition) is 6. The fraction of sp³-hybridized carbons (Fsp3) is 0.368. The van der Waals surface area contributed by atoms with Gasteiger partial charge in [-0.25, -0.2) is 4.98 Å². The first kappa shape index (κ1) is 17.4. The predicted octanol–water partition coefficient (Wildman–Crippen LogP) is 2.04. The van der Waals surface area contributed by atoms with Crippen molar-refractivity contribution in [2.75, 3.05) is 13.2 Å². The summed E-state index contributed by atoms with van der Waals surface area (Å²) in [5.74, 6) is 0.705. The third-order valence-electron chi connectivity index (χ3n) is 4.58. The van der Waals surface area contributed by atoms with Crippen LogP contribution in [0, 0.1) is 6.92 Å². The Balaban J connectivity index is 1.63. The van der Waals surface area contributed by atoms with Crippen LogP contribution in [-0.2, 0) is 11.3 Å². The molecule has 1 N–H and O–H groups in total. The van der Waals surface area contributed by atoms with Crippen LogP contribution in [0.2, 0.25) is 0 Å². The first-order chi connectivity index (χ1) is 13.1. The van der Waals surface area contributed by atoms with Gasteiger partial charge in [0.25, 0.3) is 11.5 Å². The Morgan fingerprint density at radius 2 is 2.22 bits per heavy atom. The van der Waals surface area contributed by atoms with Gasteiger partial charge in [-0.3, -0.25) is 9.59 Å². The number of para-hydroxylation sites is 1. The maximum absolute atomic E-state index is 12.9. The number of aromatic amines is 1. The van der Waals surface area contributed by atoms with Gasteiger partial charge in [-0.15, -0.1) is 0 Å². The summed E-state index contributed by atoms with van der Waals surface area (Å²) < 4.78 is 10.7. The minimum atomic E-state index is -0.279. The van der Waals surface area contributed by atoms with Gasteiger partial charge in [0, 0.05) is 19.2 Å². The molecule has 140 valence electrons. The highest BCUT2D eigenvalue weighted by Gasteiger charge is 2.26. The Kier molecular flexibility index (Phi) is 4.72. The number of hydrogen-bond donors (Lipinski definition) is 1. The van der Waals surface area contributed by atoms with E-state index in [1.165, 1.54) is 0 Å². The van der Waals surface area contributed by atoms with Crippen LogP contribution in [0.4, 0.5) is 0 Å². The molecule has 0 bridgehead atoms. The molecule has 0 radical (unpaired) electrons. The van der Waals surface area contributed by atoms with E-state index in [9.17, 15) is 9.59 Å². The fourth-order valence-corrected chi connectivity index (χ4v) is 3.27. The highest BCUT2D eigenvalue weighted by molar-refractivity contribution is 5.92. The van der Waals surface area contributed by atoms with E-state index in [1.807, 2.05) is 6.07 Å². The third kappa shape index (κ3) is 3.75. The molecule has 0 aliphatic carbocycles. The third-order valence-corrected chi connectivity index (χ3v) is 4.58. The van der Waals surface area contributed by atoms with Crippen LogP contribution in [-0.4, -0.2) is 45.2 Å². The molecular formula is C19H20N4O4. The van der Waals surface area contributed by atoms with Crippen LogP contribution in [0.5, 0.6) is 0 Å². The van der Waals surface area contributed by atoms with E-state index in [0.29, 0.717) is 35.6 Å². The maximum atomic E-state index is 12.9. The lowest BCUT2D eigenvalue weighted by Crippen LogP contribution is -2.38. The normalized spacial score (nSPS) is 16.7. The molecule has 1 aliphatic rings. The molecule has 1 aliphatic heterocycles. The molecule has 2 aromatic heterocycles. The number of fused-ring (bicyclic) bond motifs is 1. The molecule has 1 saturated heterocycles. The second-order valence-corrected chi connectivity index (χ2v) is 6.67. The molecule has 1 fully saturated rings. The molecule has 0 unspecified atom stereocenters. The zero-order chi connectivity index (χ0) is 18.8. The fourth-order valence-electron chi connectivity index (χ4n) is 3.27. The van der Waals surface area contributed by atoms with Gasteiger partial charge in [0.1, 0.15) is 11.6 Å². The number of H-pyrrole nitrogens is 1. The van der Waals surface area contributed by atoms with Crippen molar-refractivity contribution in [1.82, 2.24) is 20.0 Å². The van der Waals surface area contributed by atoms with Gasteiger partial charge in [-0.05, 0) is 31.9 Å². The van der Waals surface area contributed by atoms with Crippen LogP contribution in [0.3, 0.4) is 0 Å². The van der Waals surface area contributed by atoms with Crippen LogP contribution >= 0.6 is 0 Å². The minimum Gasteiger partial charge on any atom is -0.376 e. The lowest BCUT2D eigenvalue weighted by Gasteiger charge is -2.24. The lowest BCUT2D eigenvalue weighted by atomic mass is 10.2. The number of rotatable bonds is 5. The summed E-state index contributed by atoms with van der Waals surface area (Å²) in [6.45, 7) is 2.99. The molecule has 27 heavy (non-hydrogen) atoms. The second-order valence-electron chi connectivity index (χ2n) is 6.67. The van der Waals surface area contributed by atoms with Gasteiger partial charge in [0.05, 0.1) is 23.6 Å². The number of nitrogens with zero attached hydrogens (tertiary/aromatic N) is 3. The number of amides is 1. The smallest absolute Gasteiger partial charge is 0.276 e. The number of benzene rings is 1. The second kappa shape index (κ2) is 7.32. The summed E-state index contributed by atoms with van der Waals surface area (Å²) in [7, 11) is 0. The van der Waals surface area contributed by atoms with Crippen LogP contribution < -0.4 is 5.56 Å². The zero-order valence-electron chi connectivity index (χ0n) is 15.0. The number of ether oxygens (including phenoxy) is 1. The largest absolute Gasteiger partial charge is 0.376 e. The molecule has 0 spiro atoms. The van der Waals surface area contributed by atoms with Crippen molar-refractivity contribution in [3.05, 3.63) is 58.0 Å². The monoisotopic (exact) mass is 368 g/mol. The zero-order valence-corrected chi connectivity index (χ0v) is 15.0. The van der Waals surface area contributed by atoms with E-state index in [-0.39, 0.29) is 29.8 Å². The first-order valence-electron chi connectivity index (χ1n) is 8.92. The highest BCUT2D eigenvalue weighted by atomic mass is 16.5. The van der Waals surface area contributed by atoms with E-state index in [2.05, 4.69) is 15.1 Å². The molecule has 4 rings (SSSR count). The molecule has 1 aromatic carbocycles. The van der Waals surface area contributed by atoms with E-state index in [4.69, 9.17) is 9.26 Å². The van der Waals surface area contributed by atoms with Gasteiger partial charge in [0.2, 0.25) is 0 Å². The predicted molar refractivity (Wildman–Crippen MR) is 97.3 cm³/mol. The van der Waals surface area contributed by atoms with E-state index in [0.717, 1.165) is 12.8 Å². The van der Waals surface area contributed by atoms with Crippen molar-refractivity contribution in [2.24, 2.45) is 0 Å². The summed E-state index contributed by atoms with van der Waals surface area (Å²) in [6, 6.07) is 8.71. The first-order valence-corrected chi connectivity index (χ1v) is 8.92. The van der Waals surface area contributed by atoms with Crippen molar-refractivity contribution in [3.63, 3.8) is 0 Å². The number of aryl methyl sites for hydroxylation is 1. The Labute approximate surface area is 155 Å². The Bertz CT molecular complexity index is 1020. The quantitative estimate of drug-likeness (QED) is 0.739. The molecule has 3 heterocycles. The van der Waals surface area contributed by atoms with Crippen molar-refractivity contribution in [1.29, 1.82) is 0 Å². The van der Waals surface area contributed by atoms with Gasteiger partial charge >= 0.3 is 0 Å². The molecular weight excluding hydrogens is 348 g/mol. The maximum Gasteiger partial charge on any atom is 0.276 e. The van der Waals surface area contributed by atoms with Gasteiger partial charge in [-0.2, -0.15) is 0 Å². The summed E-state index contributed by atoms with van der Waals surface area (Å²) in [5.41, 5.74) is 0.601. The topological polar surface area (TPSA) is 101 Å². The Morgan fingerprint density at radius 1 is 1.37 bits per heavy atom. The lowest BCUT2D eigenvalue weighted by molar-refractivity contribution is 0.0493. The summed E-state index contributed by atoms with van der Waals surface area (Å²) in [6.07, 6.45) is 1.83. The molecule has 8 heteroatoms. The summed E-state index contributed by atoms with van der Waals surface area (Å²) in [4.78, 5) is 34.1. The van der Waals surface area contributed by atoms with Crippen LogP contribution in [0.15, 0.2) is 39.6 Å². The Hall–Kier alpha value is -3.00. The highest BCUT2D eigenvalue weighted by Crippen LogP contribution is 2.17. The van der Waals surface area contributed by atoms with Gasteiger partial charge in [-0.1, -0.05) is 17.3 Å².